The van der Waals surface area contributed by atoms with Crippen LogP contribution in [0.5, 0.6) is 5.88 Å². The number of anilines is 1. The number of amides is 2. The molecule has 1 aromatic heterocycles. The normalized spacial score (nSPS) is 19.4. The zero-order valence-corrected chi connectivity index (χ0v) is 10.8. The molecule has 2 rings (SSSR count). The average Bonchev–Trinajstić information content (AvgIpc) is 2.40. The van der Waals surface area contributed by atoms with Crippen molar-refractivity contribution < 1.29 is 9.53 Å². The van der Waals surface area contributed by atoms with E-state index in [1.54, 1.807) is 25.4 Å². The fraction of sp³-hybridized carbons (Fsp3) is 0.538. The van der Waals surface area contributed by atoms with Crippen LogP contribution >= 0.6 is 0 Å². The number of aromatic nitrogens is 1. The maximum atomic E-state index is 12.1. The standard InChI is InChI=1S/C13H19N3O2/c1-10-5-3-4-8-16(10)13(17)15-11-6-7-12(18-2)14-9-11/h6-7,9-10H,3-5,8H2,1-2H3,(H,15,17)/t10-/m0/s1. The van der Waals surface area contributed by atoms with Crippen LogP contribution in [-0.2, 0) is 0 Å². The van der Waals surface area contributed by atoms with E-state index in [4.69, 9.17) is 4.74 Å². The Kier molecular flexibility index (Phi) is 4.02. The molecule has 2 amide bonds. The first-order valence-electron chi connectivity index (χ1n) is 6.28. The molecule has 0 radical (unpaired) electrons. The van der Waals surface area contributed by atoms with E-state index < -0.39 is 0 Å². The second kappa shape index (κ2) is 5.71. The maximum Gasteiger partial charge on any atom is 0.322 e. The summed E-state index contributed by atoms with van der Waals surface area (Å²) >= 11 is 0. The molecule has 2 heterocycles. The number of hydrogen-bond donors (Lipinski definition) is 1. The topological polar surface area (TPSA) is 54.5 Å². The summed E-state index contributed by atoms with van der Waals surface area (Å²) in [4.78, 5) is 18.0. The molecule has 0 aromatic carbocycles. The summed E-state index contributed by atoms with van der Waals surface area (Å²) in [7, 11) is 1.57. The zero-order valence-electron chi connectivity index (χ0n) is 10.8. The highest BCUT2D eigenvalue weighted by atomic mass is 16.5. The maximum absolute atomic E-state index is 12.1. The number of carbonyl (C=O) groups is 1. The van der Waals surface area contributed by atoms with Gasteiger partial charge in [0.15, 0.2) is 0 Å². The molecule has 18 heavy (non-hydrogen) atoms. The molecule has 1 fully saturated rings. The molecular formula is C13H19N3O2. The van der Waals surface area contributed by atoms with Crippen molar-refractivity contribution >= 4 is 11.7 Å². The van der Waals surface area contributed by atoms with Crippen LogP contribution < -0.4 is 10.1 Å². The minimum atomic E-state index is -0.0471. The van der Waals surface area contributed by atoms with Gasteiger partial charge in [0.05, 0.1) is 19.0 Å². The number of pyridine rings is 1. The summed E-state index contributed by atoms with van der Waals surface area (Å²) in [6.45, 7) is 2.92. The van der Waals surface area contributed by atoms with Crippen molar-refractivity contribution in [2.24, 2.45) is 0 Å². The molecule has 1 atom stereocenters. The van der Waals surface area contributed by atoms with Crippen LogP contribution in [0.4, 0.5) is 10.5 Å². The van der Waals surface area contributed by atoms with Crippen molar-refractivity contribution in [1.82, 2.24) is 9.88 Å². The fourth-order valence-corrected chi connectivity index (χ4v) is 2.17. The van der Waals surface area contributed by atoms with Crippen LogP contribution in [-0.4, -0.2) is 35.6 Å². The summed E-state index contributed by atoms with van der Waals surface area (Å²) in [5, 5.41) is 2.86. The third-order valence-electron chi connectivity index (χ3n) is 3.26. The molecule has 1 saturated heterocycles. The molecule has 5 nitrogen and oxygen atoms in total. The van der Waals surface area contributed by atoms with E-state index >= 15 is 0 Å². The number of ether oxygens (including phenoxy) is 1. The lowest BCUT2D eigenvalue weighted by atomic mass is 10.0. The Morgan fingerprint density at radius 2 is 2.33 bits per heavy atom. The SMILES string of the molecule is COc1ccc(NC(=O)N2CCCC[C@@H]2C)cn1. The Hall–Kier alpha value is -1.78. The molecule has 0 unspecified atom stereocenters. The zero-order chi connectivity index (χ0) is 13.0. The van der Waals surface area contributed by atoms with E-state index in [-0.39, 0.29) is 6.03 Å². The van der Waals surface area contributed by atoms with Gasteiger partial charge in [0, 0.05) is 18.7 Å². The number of hydrogen-bond acceptors (Lipinski definition) is 3. The number of methoxy groups -OCH3 is 1. The quantitative estimate of drug-likeness (QED) is 0.876. The molecular weight excluding hydrogens is 230 g/mol. The molecule has 1 aromatic rings. The van der Waals surface area contributed by atoms with Crippen molar-refractivity contribution in [1.29, 1.82) is 0 Å². The lowest BCUT2D eigenvalue weighted by Gasteiger charge is -2.33. The molecule has 0 saturated carbocycles. The Morgan fingerprint density at radius 1 is 1.50 bits per heavy atom. The van der Waals surface area contributed by atoms with E-state index in [1.807, 2.05) is 4.90 Å². The number of nitrogens with one attached hydrogen (secondary N) is 1. The first-order valence-corrected chi connectivity index (χ1v) is 6.28. The van der Waals surface area contributed by atoms with E-state index in [1.165, 1.54) is 6.42 Å². The minimum absolute atomic E-state index is 0.0471. The smallest absolute Gasteiger partial charge is 0.322 e. The monoisotopic (exact) mass is 249 g/mol. The highest BCUT2D eigenvalue weighted by Crippen LogP contribution is 2.18. The molecule has 1 aliphatic heterocycles. The van der Waals surface area contributed by atoms with Crippen LogP contribution in [0, 0.1) is 0 Å². The molecule has 0 aliphatic carbocycles. The van der Waals surface area contributed by atoms with Crippen molar-refractivity contribution in [3.63, 3.8) is 0 Å². The van der Waals surface area contributed by atoms with E-state index in [0.29, 0.717) is 17.6 Å². The lowest BCUT2D eigenvalue weighted by molar-refractivity contribution is 0.170. The van der Waals surface area contributed by atoms with Gasteiger partial charge < -0.3 is 15.0 Å². The van der Waals surface area contributed by atoms with Gasteiger partial charge in [0.25, 0.3) is 0 Å². The fourth-order valence-electron chi connectivity index (χ4n) is 2.17. The van der Waals surface area contributed by atoms with E-state index in [2.05, 4.69) is 17.2 Å². The molecule has 1 aliphatic rings. The van der Waals surface area contributed by atoms with Gasteiger partial charge in [-0.3, -0.25) is 0 Å². The van der Waals surface area contributed by atoms with Gasteiger partial charge in [0.1, 0.15) is 0 Å². The summed E-state index contributed by atoms with van der Waals surface area (Å²) in [6, 6.07) is 3.78. The van der Waals surface area contributed by atoms with Crippen LogP contribution in [0.3, 0.4) is 0 Å². The van der Waals surface area contributed by atoms with Crippen molar-refractivity contribution in [2.45, 2.75) is 32.2 Å². The van der Waals surface area contributed by atoms with Crippen molar-refractivity contribution in [3.8, 4) is 5.88 Å². The van der Waals surface area contributed by atoms with Gasteiger partial charge in [0.2, 0.25) is 5.88 Å². The number of rotatable bonds is 2. The van der Waals surface area contributed by atoms with Crippen molar-refractivity contribution in [2.75, 3.05) is 19.0 Å². The lowest BCUT2D eigenvalue weighted by Crippen LogP contribution is -2.44. The number of piperidine rings is 1. The Balaban J connectivity index is 1.97. The summed E-state index contributed by atoms with van der Waals surface area (Å²) < 4.78 is 4.97. The van der Waals surface area contributed by atoms with E-state index in [0.717, 1.165) is 19.4 Å². The van der Waals surface area contributed by atoms with Gasteiger partial charge in [-0.1, -0.05) is 0 Å². The largest absolute Gasteiger partial charge is 0.481 e. The van der Waals surface area contributed by atoms with Gasteiger partial charge in [-0.25, -0.2) is 9.78 Å². The summed E-state index contributed by atoms with van der Waals surface area (Å²) in [5.74, 6) is 0.541. The third kappa shape index (κ3) is 2.91. The van der Waals surface area contributed by atoms with Gasteiger partial charge in [-0.05, 0) is 32.3 Å². The van der Waals surface area contributed by atoms with Crippen LogP contribution in [0.1, 0.15) is 26.2 Å². The number of likely N-dealkylation sites (tertiary alicyclic amines) is 1. The number of carbonyl (C=O) groups excluding carboxylic acids is 1. The second-order valence-corrected chi connectivity index (χ2v) is 4.56. The first-order chi connectivity index (χ1) is 8.70. The Morgan fingerprint density at radius 3 is 2.94 bits per heavy atom. The van der Waals surface area contributed by atoms with Crippen LogP contribution in [0.2, 0.25) is 0 Å². The minimum Gasteiger partial charge on any atom is -0.481 e. The molecule has 1 N–H and O–H groups in total. The highest BCUT2D eigenvalue weighted by molar-refractivity contribution is 5.89. The molecule has 5 heteroatoms. The predicted molar refractivity (Wildman–Crippen MR) is 69.8 cm³/mol. The Bertz CT molecular complexity index is 405. The predicted octanol–water partition coefficient (Wildman–Crippen LogP) is 2.50. The molecule has 98 valence electrons. The average molecular weight is 249 g/mol. The molecule has 0 bridgehead atoms. The Labute approximate surface area is 107 Å². The number of urea groups is 1. The third-order valence-corrected chi connectivity index (χ3v) is 3.26. The van der Waals surface area contributed by atoms with Crippen LogP contribution in [0.15, 0.2) is 18.3 Å². The van der Waals surface area contributed by atoms with Crippen molar-refractivity contribution in [3.05, 3.63) is 18.3 Å². The van der Waals surface area contributed by atoms with Gasteiger partial charge in [-0.2, -0.15) is 0 Å². The highest BCUT2D eigenvalue weighted by Gasteiger charge is 2.22. The van der Waals surface area contributed by atoms with Gasteiger partial charge in [-0.15, -0.1) is 0 Å². The molecule has 0 spiro atoms. The van der Waals surface area contributed by atoms with Crippen LogP contribution in [0.25, 0.3) is 0 Å². The summed E-state index contributed by atoms with van der Waals surface area (Å²) in [6.07, 6.45) is 4.97. The first kappa shape index (κ1) is 12.7. The van der Waals surface area contributed by atoms with E-state index in [9.17, 15) is 4.79 Å². The second-order valence-electron chi connectivity index (χ2n) is 4.56. The number of nitrogens with zero attached hydrogens (tertiary/aromatic N) is 2. The van der Waals surface area contributed by atoms with Gasteiger partial charge >= 0.3 is 6.03 Å². The summed E-state index contributed by atoms with van der Waals surface area (Å²) in [5.41, 5.74) is 0.693.